The molecule has 0 radical (unpaired) electrons. The summed E-state index contributed by atoms with van der Waals surface area (Å²) >= 11 is 0. The van der Waals surface area contributed by atoms with Crippen molar-refractivity contribution in [3.63, 3.8) is 0 Å². The van der Waals surface area contributed by atoms with Crippen LogP contribution in [0, 0.1) is 20.8 Å². The molecule has 0 aliphatic heterocycles. The van der Waals surface area contributed by atoms with E-state index in [1.54, 1.807) is 0 Å². The topological polar surface area (TPSA) is 92.5 Å². The van der Waals surface area contributed by atoms with Crippen molar-refractivity contribution in [2.75, 3.05) is 18.9 Å². The third-order valence-corrected chi connectivity index (χ3v) is 11.1. The molecule has 8 heteroatoms. The van der Waals surface area contributed by atoms with E-state index < -0.39 is 10.1 Å². The molecular weight excluding hydrogens is 697 g/mol. The van der Waals surface area contributed by atoms with Crippen LogP contribution in [0.2, 0.25) is 0 Å². The number of hydrogen-bond donors (Lipinski definition) is 1. The van der Waals surface area contributed by atoms with Crippen molar-refractivity contribution in [2.45, 2.75) is 70.6 Å². The molecule has 2 N–H and O–H groups in total. The Bertz CT molecular complexity index is 2080. The monoisotopic (exact) mass is 745 g/mol. The van der Waals surface area contributed by atoms with Crippen molar-refractivity contribution in [2.24, 2.45) is 5.73 Å². The van der Waals surface area contributed by atoms with E-state index in [2.05, 4.69) is 124 Å². The van der Waals surface area contributed by atoms with Gasteiger partial charge in [-0.3, -0.25) is 0 Å². The molecule has 0 saturated heterocycles. The first-order chi connectivity index (χ1) is 24.6. The maximum atomic E-state index is 11.4. The number of fused-ring (bicyclic) bond motifs is 3. The number of unbranched alkanes of at least 4 members (excludes halogenated alkanes) is 3. The predicted molar refractivity (Wildman–Crippen MR) is 210 cm³/mol. The first kappa shape index (κ1) is 43.5. The smallest absolute Gasteiger partial charge is 0.748 e. The summed E-state index contributed by atoms with van der Waals surface area (Å²) in [6.45, 7) is 9.67. The first-order valence-corrected chi connectivity index (χ1v) is 19.8. The van der Waals surface area contributed by atoms with E-state index >= 15 is 0 Å². The van der Waals surface area contributed by atoms with Gasteiger partial charge in [0, 0.05) is 11.2 Å². The third-order valence-electron chi connectivity index (χ3n) is 10.3. The van der Waals surface area contributed by atoms with E-state index in [0.717, 1.165) is 77.7 Å². The normalized spacial score (nSPS) is 14.5. The van der Waals surface area contributed by atoms with Crippen molar-refractivity contribution >= 4 is 10.1 Å². The second kappa shape index (κ2) is 19.6. The summed E-state index contributed by atoms with van der Waals surface area (Å²) in [7, 11) is -4.25. The minimum absolute atomic E-state index is 0. The standard InChI is InChI=1S/C45H50NO4S.2Na/c1-4-5-22-45(23-6-9-26-51(47,48)49)43-27-33(3)12-20-41(43)42-21-19-37(31-44(42)45)34-15-17-36(18-16-34)39-28-38(35-13-10-32(2)11-14-35)29-40(30-39)50-25-8-7-24-46;;/h10-21,27-31H,1,4-9,22-26,46H2,2-3H3,(H,47,48,49);;/q-1;2*+1/p-1. The van der Waals surface area contributed by atoms with Crippen molar-refractivity contribution in [3.05, 3.63) is 132 Å². The average Bonchev–Trinajstić information content (AvgIpc) is 3.39. The van der Waals surface area contributed by atoms with Gasteiger partial charge in [-0.2, -0.15) is 6.42 Å². The van der Waals surface area contributed by atoms with Gasteiger partial charge in [-0.15, -0.1) is 0 Å². The number of ether oxygens (including phenoxy) is 1. The van der Waals surface area contributed by atoms with Crippen LogP contribution in [0.3, 0.4) is 0 Å². The molecule has 0 bridgehead atoms. The Morgan fingerprint density at radius 2 is 1.15 bits per heavy atom. The van der Waals surface area contributed by atoms with Crippen molar-refractivity contribution in [1.29, 1.82) is 0 Å². The zero-order chi connectivity index (χ0) is 36.0. The molecule has 5 nitrogen and oxygen atoms in total. The number of rotatable bonds is 16. The van der Waals surface area contributed by atoms with Gasteiger partial charge in [-0.05, 0) is 132 Å². The molecule has 1 aliphatic rings. The molecule has 0 fully saturated rings. The minimum atomic E-state index is -4.25. The molecule has 5 aromatic rings. The predicted octanol–water partition coefficient (Wildman–Crippen LogP) is 4.42. The Morgan fingerprint density at radius 3 is 1.75 bits per heavy atom. The van der Waals surface area contributed by atoms with Gasteiger partial charge in [0.25, 0.3) is 0 Å². The van der Waals surface area contributed by atoms with Crippen LogP contribution in [0.25, 0.3) is 44.5 Å². The van der Waals surface area contributed by atoms with Gasteiger partial charge < -0.3 is 21.9 Å². The summed E-state index contributed by atoms with van der Waals surface area (Å²) in [4.78, 5) is 0. The Balaban J connectivity index is 0.00000314. The van der Waals surface area contributed by atoms with Gasteiger partial charge in [0.2, 0.25) is 0 Å². The Kier molecular flexibility index (Phi) is 16.1. The van der Waals surface area contributed by atoms with Crippen molar-refractivity contribution < 1.29 is 76.8 Å². The minimum Gasteiger partial charge on any atom is -0.748 e. The molecule has 0 heterocycles. The first-order valence-electron chi connectivity index (χ1n) is 18.2. The van der Waals surface area contributed by atoms with Crippen LogP contribution in [-0.2, 0) is 15.5 Å². The summed E-state index contributed by atoms with van der Waals surface area (Å²) in [6, 6.07) is 37.3. The largest absolute Gasteiger partial charge is 1.00 e. The van der Waals surface area contributed by atoms with Gasteiger partial charge in [0.1, 0.15) is 5.75 Å². The van der Waals surface area contributed by atoms with Crippen LogP contribution < -0.4 is 69.6 Å². The fourth-order valence-corrected chi connectivity index (χ4v) is 8.20. The van der Waals surface area contributed by atoms with Crippen LogP contribution in [0.1, 0.15) is 73.6 Å². The molecule has 6 rings (SSSR count). The van der Waals surface area contributed by atoms with Gasteiger partial charge in [0.05, 0.1) is 16.7 Å². The maximum absolute atomic E-state index is 11.4. The molecule has 0 amide bonds. The maximum Gasteiger partial charge on any atom is 1.00 e. The zero-order valence-corrected chi connectivity index (χ0v) is 36.7. The molecular formula is C45H49NNa2O4S. The SMILES string of the molecule is [CH2-]CCCC1(CCCCS(=O)(=O)[O-])c2cc(C)ccc2-c2ccc(-c3ccc(-c4cc(OCCCCN)cc(-c5ccc(C)cc5)c4)cc3)cc21.[Na+].[Na+]. The Morgan fingerprint density at radius 1 is 0.623 bits per heavy atom. The van der Waals surface area contributed by atoms with Gasteiger partial charge in [0.15, 0.2) is 0 Å². The van der Waals surface area contributed by atoms with E-state index in [1.807, 2.05) is 0 Å². The molecule has 1 unspecified atom stereocenters. The second-order valence-corrected chi connectivity index (χ2v) is 15.6. The summed E-state index contributed by atoms with van der Waals surface area (Å²) in [6.07, 6.45) is 6.34. The molecule has 1 aliphatic carbocycles. The molecule has 0 spiro atoms. The average molecular weight is 746 g/mol. The van der Waals surface area contributed by atoms with E-state index in [-0.39, 0.29) is 70.3 Å². The van der Waals surface area contributed by atoms with E-state index in [0.29, 0.717) is 26.0 Å². The fraction of sp³-hybridized carbons (Fsp3) is 0.311. The number of benzene rings is 5. The fourth-order valence-electron chi connectivity index (χ4n) is 7.64. The molecule has 53 heavy (non-hydrogen) atoms. The molecule has 0 saturated carbocycles. The van der Waals surface area contributed by atoms with Gasteiger partial charge in [-0.1, -0.05) is 103 Å². The molecule has 1 atom stereocenters. The Labute approximate surface area is 361 Å². The second-order valence-electron chi connectivity index (χ2n) is 14.1. The molecule has 0 aromatic heterocycles. The van der Waals surface area contributed by atoms with Crippen molar-refractivity contribution in [3.8, 4) is 50.3 Å². The quantitative estimate of drug-likeness (QED) is 0.0700. The van der Waals surface area contributed by atoms with Crippen molar-refractivity contribution in [1.82, 2.24) is 0 Å². The third kappa shape index (κ3) is 10.5. The van der Waals surface area contributed by atoms with Crippen LogP contribution in [0.15, 0.2) is 103 Å². The zero-order valence-electron chi connectivity index (χ0n) is 31.9. The Hall–Kier alpha value is -2.23. The van der Waals surface area contributed by atoms with Crippen LogP contribution in [0.4, 0.5) is 0 Å². The van der Waals surface area contributed by atoms with Crippen LogP contribution >= 0.6 is 0 Å². The summed E-state index contributed by atoms with van der Waals surface area (Å²) in [5.41, 5.74) is 19.7. The molecule has 266 valence electrons. The summed E-state index contributed by atoms with van der Waals surface area (Å²) < 4.78 is 40.5. The summed E-state index contributed by atoms with van der Waals surface area (Å²) in [5, 5.41) is 0. The van der Waals surface area contributed by atoms with Crippen LogP contribution in [0.5, 0.6) is 5.75 Å². The van der Waals surface area contributed by atoms with Crippen LogP contribution in [-0.4, -0.2) is 31.9 Å². The van der Waals surface area contributed by atoms with Gasteiger partial charge in [-0.25, -0.2) is 8.42 Å². The summed E-state index contributed by atoms with van der Waals surface area (Å²) in [5.74, 6) is 0.526. The number of aryl methyl sites for hydroxylation is 2. The van der Waals surface area contributed by atoms with Gasteiger partial charge >= 0.3 is 59.1 Å². The number of hydrogen-bond acceptors (Lipinski definition) is 5. The van der Waals surface area contributed by atoms with E-state index in [1.165, 1.54) is 33.4 Å². The number of nitrogens with two attached hydrogens (primary N) is 1. The van der Waals surface area contributed by atoms with E-state index in [4.69, 9.17) is 10.5 Å². The van der Waals surface area contributed by atoms with E-state index in [9.17, 15) is 13.0 Å². The molecule has 5 aromatic carbocycles.